The molecule has 2 aromatic carbocycles. The van der Waals surface area contributed by atoms with Crippen molar-refractivity contribution in [3.63, 3.8) is 0 Å². The zero-order valence-corrected chi connectivity index (χ0v) is 15.8. The third-order valence-corrected chi connectivity index (χ3v) is 5.99. The molecule has 0 N–H and O–H groups in total. The molecule has 1 aliphatic rings. The number of thiophene rings is 1. The molecular formula is C23H25NOS. The van der Waals surface area contributed by atoms with Gasteiger partial charge in [0.15, 0.2) is 0 Å². The Kier molecular flexibility index (Phi) is 5.68. The molecular weight excluding hydrogens is 338 g/mol. The lowest BCUT2D eigenvalue weighted by Crippen LogP contribution is -2.25. The van der Waals surface area contributed by atoms with Crippen molar-refractivity contribution in [2.75, 3.05) is 26.2 Å². The van der Waals surface area contributed by atoms with Crippen LogP contribution in [0.2, 0.25) is 0 Å². The van der Waals surface area contributed by atoms with Gasteiger partial charge in [-0.3, -0.25) is 4.90 Å². The summed E-state index contributed by atoms with van der Waals surface area (Å²) < 4.78 is 5.96. The first-order chi connectivity index (χ1) is 12.9. The summed E-state index contributed by atoms with van der Waals surface area (Å²) in [5.74, 6) is 1.25. The molecule has 4 rings (SSSR count). The van der Waals surface area contributed by atoms with Gasteiger partial charge in [-0.05, 0) is 60.6 Å². The Labute approximate surface area is 160 Å². The molecule has 1 saturated heterocycles. The summed E-state index contributed by atoms with van der Waals surface area (Å²) in [5, 5.41) is 2.15. The molecule has 1 unspecified atom stereocenters. The van der Waals surface area contributed by atoms with Gasteiger partial charge in [-0.25, -0.2) is 0 Å². The molecule has 0 bridgehead atoms. The van der Waals surface area contributed by atoms with E-state index in [1.807, 2.05) is 11.3 Å². The van der Waals surface area contributed by atoms with Gasteiger partial charge in [0, 0.05) is 17.3 Å². The van der Waals surface area contributed by atoms with E-state index in [1.165, 1.54) is 41.9 Å². The van der Waals surface area contributed by atoms with Gasteiger partial charge in [0.25, 0.3) is 0 Å². The highest BCUT2D eigenvalue weighted by Crippen LogP contribution is 2.35. The van der Waals surface area contributed by atoms with Crippen LogP contribution in [-0.2, 0) is 0 Å². The maximum atomic E-state index is 5.96. The number of ether oxygens (including phenoxy) is 1. The second kappa shape index (κ2) is 8.52. The van der Waals surface area contributed by atoms with Crippen molar-refractivity contribution in [1.29, 1.82) is 0 Å². The largest absolute Gasteiger partial charge is 0.492 e. The predicted octanol–water partition coefficient (Wildman–Crippen LogP) is 5.40. The van der Waals surface area contributed by atoms with E-state index in [2.05, 4.69) is 77.0 Å². The fraction of sp³-hybridized carbons (Fsp3) is 0.304. The topological polar surface area (TPSA) is 12.5 Å². The minimum atomic E-state index is 0.287. The first kappa shape index (κ1) is 17.3. The van der Waals surface area contributed by atoms with Gasteiger partial charge < -0.3 is 4.74 Å². The maximum Gasteiger partial charge on any atom is 0.119 e. The van der Waals surface area contributed by atoms with E-state index in [-0.39, 0.29) is 5.92 Å². The molecule has 1 aliphatic heterocycles. The van der Waals surface area contributed by atoms with Crippen LogP contribution in [-0.4, -0.2) is 31.1 Å². The highest BCUT2D eigenvalue weighted by Gasteiger charge is 2.17. The monoisotopic (exact) mass is 363 g/mol. The van der Waals surface area contributed by atoms with Crippen LogP contribution in [0.5, 0.6) is 5.75 Å². The van der Waals surface area contributed by atoms with Crippen LogP contribution < -0.4 is 4.74 Å². The molecule has 1 fully saturated rings. The van der Waals surface area contributed by atoms with Crippen LogP contribution in [0.3, 0.4) is 0 Å². The highest BCUT2D eigenvalue weighted by atomic mass is 32.1. The molecule has 1 aromatic heterocycles. The summed E-state index contributed by atoms with van der Waals surface area (Å²) in [7, 11) is 0. The molecule has 0 radical (unpaired) electrons. The van der Waals surface area contributed by atoms with Crippen LogP contribution in [0.1, 0.15) is 34.8 Å². The standard InChI is InChI=1S/C23H25NOS/c1-2-7-19(8-3-1)23(22-9-6-18-26-22)20-10-12-21(13-11-20)25-17-16-24-14-4-5-15-24/h1-3,6-13,18,23H,4-5,14-17H2. The van der Waals surface area contributed by atoms with Crippen LogP contribution in [0.4, 0.5) is 0 Å². The Morgan fingerprint density at radius 3 is 2.27 bits per heavy atom. The SMILES string of the molecule is c1ccc(C(c2ccc(OCCN3CCCC3)cc2)c2cccs2)cc1. The van der Waals surface area contributed by atoms with E-state index in [9.17, 15) is 0 Å². The van der Waals surface area contributed by atoms with Crippen LogP contribution in [0.15, 0.2) is 72.1 Å². The van der Waals surface area contributed by atoms with E-state index in [4.69, 9.17) is 4.74 Å². The fourth-order valence-corrected chi connectivity index (χ4v) is 4.56. The van der Waals surface area contributed by atoms with Gasteiger partial charge in [0.2, 0.25) is 0 Å². The average molecular weight is 364 g/mol. The Balaban J connectivity index is 1.46. The van der Waals surface area contributed by atoms with Crippen molar-refractivity contribution >= 4 is 11.3 Å². The van der Waals surface area contributed by atoms with Crippen LogP contribution in [0.25, 0.3) is 0 Å². The summed E-state index contributed by atoms with van der Waals surface area (Å²) in [4.78, 5) is 3.86. The number of nitrogens with zero attached hydrogens (tertiary/aromatic N) is 1. The lowest BCUT2D eigenvalue weighted by atomic mass is 9.90. The third-order valence-electron chi connectivity index (χ3n) is 5.05. The normalized spacial score (nSPS) is 15.8. The van der Waals surface area contributed by atoms with Crippen molar-refractivity contribution in [1.82, 2.24) is 4.90 Å². The molecule has 0 saturated carbocycles. The molecule has 3 heteroatoms. The van der Waals surface area contributed by atoms with Gasteiger partial charge >= 0.3 is 0 Å². The average Bonchev–Trinajstić information content (AvgIpc) is 3.39. The fourth-order valence-electron chi connectivity index (χ4n) is 3.68. The lowest BCUT2D eigenvalue weighted by molar-refractivity contribution is 0.238. The van der Waals surface area contributed by atoms with Gasteiger partial charge in [-0.15, -0.1) is 11.3 Å². The Hall–Kier alpha value is -2.10. The first-order valence-electron chi connectivity index (χ1n) is 9.43. The number of benzene rings is 2. The van der Waals surface area contributed by atoms with Gasteiger partial charge in [-0.1, -0.05) is 48.5 Å². The predicted molar refractivity (Wildman–Crippen MR) is 109 cm³/mol. The Morgan fingerprint density at radius 1 is 0.846 bits per heavy atom. The second-order valence-corrected chi connectivity index (χ2v) is 7.80. The lowest BCUT2D eigenvalue weighted by Gasteiger charge is -2.18. The summed E-state index contributed by atoms with van der Waals surface area (Å²) >= 11 is 1.82. The maximum absolute atomic E-state index is 5.96. The van der Waals surface area contributed by atoms with Crippen molar-refractivity contribution in [2.24, 2.45) is 0 Å². The number of hydrogen-bond donors (Lipinski definition) is 0. The second-order valence-electron chi connectivity index (χ2n) is 6.83. The van der Waals surface area contributed by atoms with Gasteiger partial charge in [0.1, 0.15) is 12.4 Å². The van der Waals surface area contributed by atoms with E-state index in [0.717, 1.165) is 18.9 Å². The van der Waals surface area contributed by atoms with Crippen molar-refractivity contribution in [3.05, 3.63) is 88.1 Å². The minimum absolute atomic E-state index is 0.287. The summed E-state index contributed by atoms with van der Waals surface area (Å²) in [6.45, 7) is 4.25. The highest BCUT2D eigenvalue weighted by molar-refractivity contribution is 7.10. The molecule has 0 aliphatic carbocycles. The molecule has 0 amide bonds. The van der Waals surface area contributed by atoms with E-state index < -0.39 is 0 Å². The molecule has 2 heterocycles. The molecule has 3 aromatic rings. The van der Waals surface area contributed by atoms with E-state index in [0.29, 0.717) is 0 Å². The van der Waals surface area contributed by atoms with Crippen molar-refractivity contribution in [3.8, 4) is 5.75 Å². The summed E-state index contributed by atoms with van der Waals surface area (Å²) in [6.07, 6.45) is 2.66. The Morgan fingerprint density at radius 2 is 1.58 bits per heavy atom. The molecule has 1 atom stereocenters. The van der Waals surface area contributed by atoms with Gasteiger partial charge in [-0.2, -0.15) is 0 Å². The van der Waals surface area contributed by atoms with Gasteiger partial charge in [0.05, 0.1) is 0 Å². The summed E-state index contributed by atoms with van der Waals surface area (Å²) in [6, 6.07) is 23.7. The van der Waals surface area contributed by atoms with Crippen LogP contribution >= 0.6 is 11.3 Å². The van der Waals surface area contributed by atoms with Crippen molar-refractivity contribution < 1.29 is 4.74 Å². The molecule has 2 nitrogen and oxygen atoms in total. The summed E-state index contributed by atoms with van der Waals surface area (Å²) in [5.41, 5.74) is 2.64. The van der Waals surface area contributed by atoms with Crippen molar-refractivity contribution in [2.45, 2.75) is 18.8 Å². The number of hydrogen-bond acceptors (Lipinski definition) is 3. The Bertz CT molecular complexity index is 777. The smallest absolute Gasteiger partial charge is 0.119 e. The molecule has 26 heavy (non-hydrogen) atoms. The van der Waals surface area contributed by atoms with Crippen LogP contribution in [0, 0.1) is 0 Å². The minimum Gasteiger partial charge on any atom is -0.492 e. The molecule has 134 valence electrons. The zero-order valence-electron chi connectivity index (χ0n) is 15.0. The number of likely N-dealkylation sites (tertiary alicyclic amines) is 1. The quantitative estimate of drug-likeness (QED) is 0.557. The molecule has 0 spiro atoms. The third kappa shape index (κ3) is 4.17. The van der Waals surface area contributed by atoms with E-state index in [1.54, 1.807) is 0 Å². The van der Waals surface area contributed by atoms with E-state index >= 15 is 0 Å². The first-order valence-corrected chi connectivity index (χ1v) is 10.3. The zero-order chi connectivity index (χ0) is 17.6. The number of rotatable bonds is 7.